The van der Waals surface area contributed by atoms with Gasteiger partial charge in [0.2, 0.25) is 0 Å². The average Bonchev–Trinajstić information content (AvgIpc) is 3.52. The smallest absolute Gasteiger partial charge is 0.254 e. The lowest BCUT2D eigenvalue weighted by Crippen LogP contribution is -2.47. The monoisotopic (exact) mass is 562 g/mol. The van der Waals surface area contributed by atoms with E-state index in [-0.39, 0.29) is 12.1 Å². The molecule has 0 spiro atoms. The van der Waals surface area contributed by atoms with Crippen LogP contribution in [0.2, 0.25) is 0 Å². The van der Waals surface area contributed by atoms with Crippen LogP contribution in [0, 0.1) is 13.8 Å². The van der Waals surface area contributed by atoms with Crippen molar-refractivity contribution in [3.63, 3.8) is 0 Å². The summed E-state index contributed by atoms with van der Waals surface area (Å²) in [6.07, 6.45) is -0.144. The summed E-state index contributed by atoms with van der Waals surface area (Å²) < 4.78 is 11.4. The fourth-order valence-electron chi connectivity index (χ4n) is 6.38. The summed E-state index contributed by atoms with van der Waals surface area (Å²) in [7, 11) is 3.78. The van der Waals surface area contributed by atoms with E-state index < -0.39 is 0 Å². The Morgan fingerprint density at radius 3 is 2.45 bits per heavy atom. The second-order valence-corrected chi connectivity index (χ2v) is 11.3. The van der Waals surface area contributed by atoms with Crippen molar-refractivity contribution < 1.29 is 14.1 Å². The minimum atomic E-state index is -0.144. The van der Waals surface area contributed by atoms with Crippen LogP contribution >= 0.6 is 0 Å². The summed E-state index contributed by atoms with van der Waals surface area (Å²) in [4.78, 5) is 26.6. The van der Waals surface area contributed by atoms with E-state index >= 15 is 0 Å². The number of aromatic nitrogens is 2. The van der Waals surface area contributed by atoms with Gasteiger partial charge in [-0.25, -0.2) is 0 Å². The van der Waals surface area contributed by atoms with Crippen molar-refractivity contribution in [1.29, 1.82) is 0 Å². The number of ether oxygens (including phenoxy) is 1. The highest BCUT2D eigenvalue weighted by molar-refractivity contribution is 6.28. The second-order valence-electron chi connectivity index (χ2n) is 11.3. The van der Waals surface area contributed by atoms with E-state index in [9.17, 15) is 4.79 Å². The Balaban J connectivity index is 1.38. The Labute approximate surface area is 244 Å². The molecule has 214 valence electrons. The van der Waals surface area contributed by atoms with Crippen LogP contribution in [-0.4, -0.2) is 78.1 Å². The van der Waals surface area contributed by atoms with Crippen LogP contribution in [0.4, 0.5) is 5.82 Å². The number of aliphatic imine (C=N–C) groups is 1. The summed E-state index contributed by atoms with van der Waals surface area (Å²) in [5.74, 6) is 2.46. The number of anilines is 1. The predicted molar refractivity (Wildman–Crippen MR) is 166 cm³/mol. The highest BCUT2D eigenvalue weighted by atomic mass is 16.5. The number of likely N-dealkylation sites (N-methyl/N-ethyl adjacent to an activating group) is 1. The number of nitrogens with zero attached hydrogens (tertiary/aromatic N) is 4. The van der Waals surface area contributed by atoms with Crippen molar-refractivity contribution in [1.82, 2.24) is 19.9 Å². The van der Waals surface area contributed by atoms with Crippen LogP contribution < -0.4 is 10.1 Å². The van der Waals surface area contributed by atoms with Gasteiger partial charge in [0.1, 0.15) is 23.5 Å². The molecule has 9 nitrogen and oxygen atoms in total. The molecule has 0 bridgehead atoms. The quantitative estimate of drug-likeness (QED) is 0.296. The van der Waals surface area contributed by atoms with Gasteiger partial charge in [0.15, 0.2) is 0 Å². The Morgan fingerprint density at radius 1 is 0.976 bits per heavy atom. The van der Waals surface area contributed by atoms with E-state index in [0.717, 1.165) is 104 Å². The van der Waals surface area contributed by atoms with Crippen molar-refractivity contribution in [2.45, 2.75) is 26.9 Å². The van der Waals surface area contributed by atoms with Gasteiger partial charge in [-0.1, -0.05) is 35.5 Å². The van der Waals surface area contributed by atoms with Crippen LogP contribution in [0.15, 0.2) is 58.0 Å². The van der Waals surface area contributed by atoms with Crippen molar-refractivity contribution in [3.8, 4) is 16.9 Å². The number of fused-ring (bicyclic) bond motifs is 4. The number of benzene rings is 3. The summed E-state index contributed by atoms with van der Waals surface area (Å²) in [6.45, 7) is 9.12. The third-order valence-electron chi connectivity index (χ3n) is 8.53. The first-order chi connectivity index (χ1) is 20.3. The number of H-pyrrole nitrogens is 1. The maximum atomic E-state index is 13.7. The molecule has 0 aliphatic carbocycles. The number of hydrogen-bond acceptors (Lipinski definition) is 7. The number of piperazine rings is 1. The Morgan fingerprint density at radius 2 is 1.74 bits per heavy atom. The number of carbonyl (C=O) groups is 1. The minimum Gasteiger partial charge on any atom is -0.496 e. The van der Waals surface area contributed by atoms with Gasteiger partial charge in [0.05, 0.1) is 29.6 Å². The summed E-state index contributed by atoms with van der Waals surface area (Å²) in [6, 6.07) is 16.3. The van der Waals surface area contributed by atoms with Gasteiger partial charge in [0.25, 0.3) is 5.91 Å². The summed E-state index contributed by atoms with van der Waals surface area (Å²) in [5.41, 5.74) is 7.20. The third-order valence-corrected chi connectivity index (χ3v) is 8.53. The zero-order valence-electron chi connectivity index (χ0n) is 24.5. The van der Waals surface area contributed by atoms with E-state index in [1.807, 2.05) is 49.9 Å². The van der Waals surface area contributed by atoms with E-state index in [2.05, 4.69) is 51.7 Å². The Hall–Kier alpha value is -4.63. The number of aryl methyl sites for hydroxylation is 2. The lowest BCUT2D eigenvalue weighted by molar-refractivity contribution is 0.0666. The molecule has 1 amide bonds. The molecule has 2 aromatic heterocycles. The molecule has 9 heteroatoms. The topological polar surface area (TPSA) is 99.0 Å². The number of carbonyl (C=O) groups excluding carboxylic acids is 1. The predicted octanol–water partition coefficient (Wildman–Crippen LogP) is 5.60. The lowest BCUT2D eigenvalue weighted by Gasteiger charge is -2.32. The maximum Gasteiger partial charge on any atom is 0.254 e. The normalized spacial score (nSPS) is 17.3. The van der Waals surface area contributed by atoms with E-state index in [1.54, 1.807) is 7.11 Å². The first kappa shape index (κ1) is 26.3. The van der Waals surface area contributed by atoms with Crippen molar-refractivity contribution in [2.24, 2.45) is 4.99 Å². The standard InChI is InChI=1S/C33H34N6O3/c1-18-29(19(2)42-37-18)26-16-27-25(17-28(26)41-5)30-31(34-20(3)35-32(30)36-27)23-10-11-24(22-9-7-6-8-21(22)23)33(40)39-14-12-38(4)13-15-39/h6-11,16-17,20,35-36H,12-15H2,1-5H3. The van der Waals surface area contributed by atoms with Crippen LogP contribution in [-0.2, 0) is 0 Å². The van der Waals surface area contributed by atoms with Gasteiger partial charge < -0.3 is 29.4 Å². The van der Waals surface area contributed by atoms with E-state index in [1.165, 1.54) is 0 Å². The average molecular weight is 563 g/mol. The van der Waals surface area contributed by atoms with Gasteiger partial charge >= 0.3 is 0 Å². The van der Waals surface area contributed by atoms with Crippen molar-refractivity contribution in [2.75, 3.05) is 45.7 Å². The fourth-order valence-corrected chi connectivity index (χ4v) is 6.38. The van der Waals surface area contributed by atoms with Crippen LogP contribution in [0.5, 0.6) is 5.75 Å². The first-order valence-electron chi connectivity index (χ1n) is 14.4. The molecule has 0 saturated carbocycles. The van der Waals surface area contributed by atoms with Crippen LogP contribution in [0.3, 0.4) is 0 Å². The van der Waals surface area contributed by atoms with Gasteiger partial charge in [-0.3, -0.25) is 9.79 Å². The van der Waals surface area contributed by atoms with E-state index in [0.29, 0.717) is 0 Å². The molecule has 1 atom stereocenters. The maximum absolute atomic E-state index is 13.7. The number of nitrogens with one attached hydrogen (secondary N) is 2. The highest BCUT2D eigenvalue weighted by Gasteiger charge is 2.29. The molecule has 42 heavy (non-hydrogen) atoms. The minimum absolute atomic E-state index is 0.0795. The molecular weight excluding hydrogens is 528 g/mol. The van der Waals surface area contributed by atoms with Crippen LogP contribution in [0.1, 0.15) is 39.9 Å². The van der Waals surface area contributed by atoms with Gasteiger partial charge in [-0.15, -0.1) is 0 Å². The molecule has 7 rings (SSSR count). The Bertz CT molecular complexity index is 1870. The van der Waals surface area contributed by atoms with E-state index in [4.69, 9.17) is 14.3 Å². The van der Waals surface area contributed by atoms with Gasteiger partial charge in [0, 0.05) is 53.8 Å². The molecule has 4 heterocycles. The highest BCUT2D eigenvalue weighted by Crippen LogP contribution is 2.42. The van der Waals surface area contributed by atoms with Crippen molar-refractivity contribution >= 4 is 39.1 Å². The van der Waals surface area contributed by atoms with Crippen molar-refractivity contribution in [3.05, 3.63) is 76.7 Å². The number of rotatable bonds is 4. The molecular formula is C33H34N6O3. The molecule has 2 aliphatic rings. The van der Waals surface area contributed by atoms with Crippen LogP contribution in [0.25, 0.3) is 32.8 Å². The molecule has 1 unspecified atom stereocenters. The summed E-state index contributed by atoms with van der Waals surface area (Å²) >= 11 is 0. The Kier molecular flexibility index (Phi) is 6.27. The molecule has 3 aromatic carbocycles. The number of aromatic amines is 1. The largest absolute Gasteiger partial charge is 0.496 e. The third kappa shape index (κ3) is 4.15. The zero-order chi connectivity index (χ0) is 29.1. The SMILES string of the molecule is COc1cc2c3c([nH]c2cc1-c1c(C)noc1C)NC(C)N=C3c1ccc(C(=O)N2CCN(C)CC2)c2ccccc12. The zero-order valence-corrected chi connectivity index (χ0v) is 24.5. The molecule has 0 radical (unpaired) electrons. The number of hydrogen-bond donors (Lipinski definition) is 2. The number of amides is 1. The molecule has 2 aliphatic heterocycles. The molecule has 5 aromatic rings. The fraction of sp³-hybridized carbons (Fsp3) is 0.303. The second kappa shape index (κ2) is 10.0. The lowest BCUT2D eigenvalue weighted by atomic mass is 9.91. The van der Waals surface area contributed by atoms with Gasteiger partial charge in [-0.05, 0) is 56.8 Å². The molecule has 1 fully saturated rings. The number of methoxy groups -OCH3 is 1. The molecule has 1 saturated heterocycles. The summed E-state index contributed by atoms with van der Waals surface area (Å²) in [5, 5.41) is 10.6. The molecule has 2 N–H and O–H groups in total. The van der Waals surface area contributed by atoms with Gasteiger partial charge in [-0.2, -0.15) is 0 Å². The first-order valence-corrected chi connectivity index (χ1v) is 14.4.